The summed E-state index contributed by atoms with van der Waals surface area (Å²) in [6.07, 6.45) is 4.80. The molecule has 0 atom stereocenters. The molecule has 118 valence electrons. The average Bonchev–Trinajstić information content (AvgIpc) is 2.92. The average molecular weight is 311 g/mol. The summed E-state index contributed by atoms with van der Waals surface area (Å²) in [5.41, 5.74) is 2.20. The van der Waals surface area contributed by atoms with E-state index in [0.29, 0.717) is 28.4 Å². The maximum atomic E-state index is 12.2. The zero-order valence-corrected chi connectivity index (χ0v) is 13.1. The summed E-state index contributed by atoms with van der Waals surface area (Å²) < 4.78 is 5.72. The van der Waals surface area contributed by atoms with E-state index in [0.717, 1.165) is 5.69 Å². The van der Waals surface area contributed by atoms with Gasteiger partial charge < -0.3 is 15.0 Å². The molecular weight excluding hydrogens is 294 g/mol. The van der Waals surface area contributed by atoms with Crippen LogP contribution in [0.2, 0.25) is 0 Å². The van der Waals surface area contributed by atoms with E-state index in [1.54, 1.807) is 24.5 Å². The lowest BCUT2D eigenvalue weighted by molar-refractivity contribution is 0.0944. The van der Waals surface area contributed by atoms with Crippen molar-refractivity contribution in [2.24, 2.45) is 0 Å². The van der Waals surface area contributed by atoms with E-state index >= 15 is 0 Å². The fourth-order valence-electron chi connectivity index (χ4n) is 2.13. The van der Waals surface area contributed by atoms with Crippen LogP contribution in [0, 0.1) is 6.92 Å². The smallest absolute Gasteiger partial charge is 0.255 e. The molecule has 3 aromatic rings. The van der Waals surface area contributed by atoms with Crippen molar-refractivity contribution >= 4 is 17.1 Å². The Morgan fingerprint density at radius 1 is 1.35 bits per heavy atom. The molecule has 0 aliphatic heterocycles. The highest BCUT2D eigenvalue weighted by Gasteiger charge is 2.16. The van der Waals surface area contributed by atoms with Gasteiger partial charge in [-0.2, -0.15) is 0 Å². The van der Waals surface area contributed by atoms with Crippen LogP contribution < -0.4 is 10.1 Å². The van der Waals surface area contributed by atoms with Crippen molar-refractivity contribution in [3.8, 4) is 11.6 Å². The summed E-state index contributed by atoms with van der Waals surface area (Å²) in [6.45, 7) is 5.65. The lowest BCUT2D eigenvalue weighted by Crippen LogP contribution is -2.29. The Morgan fingerprint density at radius 3 is 2.91 bits per heavy atom. The van der Waals surface area contributed by atoms with E-state index in [-0.39, 0.29) is 11.9 Å². The highest BCUT2D eigenvalue weighted by Crippen LogP contribution is 2.23. The SMILES string of the molecule is Cc1ncccc1Oc1cnc2[nH]cc(C(=O)NC(C)C)c2n1. The molecule has 0 aromatic carbocycles. The Labute approximate surface area is 133 Å². The van der Waals surface area contributed by atoms with E-state index in [4.69, 9.17) is 4.74 Å². The zero-order chi connectivity index (χ0) is 16.4. The highest BCUT2D eigenvalue weighted by atomic mass is 16.5. The van der Waals surface area contributed by atoms with Gasteiger partial charge in [0, 0.05) is 18.4 Å². The lowest BCUT2D eigenvalue weighted by atomic mass is 10.2. The largest absolute Gasteiger partial charge is 0.436 e. The standard InChI is InChI=1S/C16H17N5O2/c1-9(2)20-16(22)11-7-18-15-14(11)21-13(8-19-15)23-12-5-4-6-17-10(12)3/h4-9H,1-3H3,(H,18,19)(H,20,22). The second-order valence-electron chi connectivity index (χ2n) is 5.42. The zero-order valence-electron chi connectivity index (χ0n) is 13.1. The summed E-state index contributed by atoms with van der Waals surface area (Å²) >= 11 is 0. The minimum atomic E-state index is -0.199. The first kappa shape index (κ1) is 15.0. The fraction of sp³-hybridized carbons (Fsp3) is 0.250. The second-order valence-corrected chi connectivity index (χ2v) is 5.42. The number of aryl methyl sites for hydroxylation is 1. The number of aromatic nitrogens is 4. The molecule has 0 fully saturated rings. The normalized spacial score (nSPS) is 11.0. The molecule has 0 unspecified atom stereocenters. The van der Waals surface area contributed by atoms with Crippen LogP contribution in [0.15, 0.2) is 30.7 Å². The van der Waals surface area contributed by atoms with Crippen LogP contribution in [0.5, 0.6) is 11.6 Å². The number of fused-ring (bicyclic) bond motifs is 1. The number of H-pyrrole nitrogens is 1. The number of pyridine rings is 1. The van der Waals surface area contributed by atoms with Crippen molar-refractivity contribution in [1.82, 2.24) is 25.3 Å². The van der Waals surface area contributed by atoms with E-state index in [9.17, 15) is 4.79 Å². The van der Waals surface area contributed by atoms with Gasteiger partial charge in [0.05, 0.1) is 17.5 Å². The molecule has 3 rings (SSSR count). The Bertz CT molecular complexity index is 857. The maximum absolute atomic E-state index is 12.2. The number of rotatable bonds is 4. The summed E-state index contributed by atoms with van der Waals surface area (Å²) in [7, 11) is 0. The minimum Gasteiger partial charge on any atom is -0.436 e. The molecule has 0 saturated heterocycles. The first-order valence-corrected chi connectivity index (χ1v) is 7.29. The molecule has 0 radical (unpaired) electrons. The van der Waals surface area contributed by atoms with Gasteiger partial charge in [0.2, 0.25) is 5.88 Å². The number of hydrogen-bond acceptors (Lipinski definition) is 5. The van der Waals surface area contributed by atoms with Gasteiger partial charge in [-0.1, -0.05) is 0 Å². The molecular formula is C16H17N5O2. The number of aromatic amines is 1. The molecule has 7 nitrogen and oxygen atoms in total. The van der Waals surface area contributed by atoms with Gasteiger partial charge >= 0.3 is 0 Å². The van der Waals surface area contributed by atoms with Crippen molar-refractivity contribution in [3.05, 3.63) is 42.0 Å². The number of nitrogens with zero attached hydrogens (tertiary/aromatic N) is 3. The predicted molar refractivity (Wildman–Crippen MR) is 85.5 cm³/mol. The topological polar surface area (TPSA) is 92.8 Å². The number of carbonyl (C=O) groups excluding carboxylic acids is 1. The molecule has 3 heterocycles. The van der Waals surface area contributed by atoms with E-state index in [1.165, 1.54) is 6.20 Å². The molecule has 0 spiro atoms. The fourth-order valence-corrected chi connectivity index (χ4v) is 2.13. The molecule has 0 saturated carbocycles. The molecule has 2 N–H and O–H groups in total. The summed E-state index contributed by atoms with van der Waals surface area (Å²) in [6, 6.07) is 3.63. The third-order valence-electron chi connectivity index (χ3n) is 3.20. The van der Waals surface area contributed by atoms with E-state index in [2.05, 4.69) is 25.3 Å². The lowest BCUT2D eigenvalue weighted by Gasteiger charge is -2.08. The van der Waals surface area contributed by atoms with Crippen LogP contribution >= 0.6 is 0 Å². The Morgan fingerprint density at radius 2 is 2.17 bits per heavy atom. The molecule has 0 aliphatic carbocycles. The molecule has 23 heavy (non-hydrogen) atoms. The third-order valence-corrected chi connectivity index (χ3v) is 3.20. The first-order chi connectivity index (χ1) is 11.0. The number of hydrogen-bond donors (Lipinski definition) is 2. The van der Waals surface area contributed by atoms with Gasteiger partial charge in [0.25, 0.3) is 5.91 Å². The molecule has 7 heteroatoms. The van der Waals surface area contributed by atoms with Crippen LogP contribution in [0.25, 0.3) is 11.2 Å². The monoisotopic (exact) mass is 311 g/mol. The second kappa shape index (κ2) is 6.04. The van der Waals surface area contributed by atoms with Gasteiger partial charge in [-0.15, -0.1) is 0 Å². The van der Waals surface area contributed by atoms with E-state index in [1.807, 2.05) is 20.8 Å². The van der Waals surface area contributed by atoms with Gasteiger partial charge in [-0.05, 0) is 32.9 Å². The van der Waals surface area contributed by atoms with Gasteiger partial charge in [0.1, 0.15) is 5.52 Å². The Balaban J connectivity index is 1.95. The van der Waals surface area contributed by atoms with Crippen molar-refractivity contribution in [2.75, 3.05) is 0 Å². The molecule has 0 aliphatic rings. The number of nitrogens with one attached hydrogen (secondary N) is 2. The van der Waals surface area contributed by atoms with Crippen LogP contribution in [0.1, 0.15) is 29.9 Å². The summed E-state index contributed by atoms with van der Waals surface area (Å²) in [5, 5.41) is 2.84. The summed E-state index contributed by atoms with van der Waals surface area (Å²) in [5.74, 6) is 0.715. The molecule has 1 amide bonds. The quantitative estimate of drug-likeness (QED) is 0.772. The van der Waals surface area contributed by atoms with E-state index < -0.39 is 0 Å². The van der Waals surface area contributed by atoms with Crippen LogP contribution in [0.4, 0.5) is 0 Å². The van der Waals surface area contributed by atoms with Crippen LogP contribution in [-0.2, 0) is 0 Å². The first-order valence-electron chi connectivity index (χ1n) is 7.29. The third kappa shape index (κ3) is 3.13. The summed E-state index contributed by atoms with van der Waals surface area (Å²) in [4.78, 5) is 28.0. The van der Waals surface area contributed by atoms with Gasteiger partial charge in [-0.25, -0.2) is 9.97 Å². The Hall–Kier alpha value is -2.96. The predicted octanol–water partition coefficient (Wildman–Crippen LogP) is 2.59. The Kier molecular flexibility index (Phi) is 3.92. The van der Waals surface area contributed by atoms with Crippen molar-refractivity contribution in [1.29, 1.82) is 0 Å². The van der Waals surface area contributed by atoms with Crippen LogP contribution in [-0.4, -0.2) is 31.9 Å². The van der Waals surface area contributed by atoms with Crippen molar-refractivity contribution < 1.29 is 9.53 Å². The maximum Gasteiger partial charge on any atom is 0.255 e. The van der Waals surface area contributed by atoms with Crippen LogP contribution in [0.3, 0.4) is 0 Å². The number of carbonyl (C=O) groups is 1. The minimum absolute atomic E-state index is 0.0397. The number of amides is 1. The molecule has 0 bridgehead atoms. The van der Waals surface area contributed by atoms with Gasteiger partial charge in [-0.3, -0.25) is 9.78 Å². The highest BCUT2D eigenvalue weighted by molar-refractivity contribution is 6.04. The van der Waals surface area contributed by atoms with Crippen molar-refractivity contribution in [3.63, 3.8) is 0 Å². The molecule has 3 aromatic heterocycles. The van der Waals surface area contributed by atoms with Crippen molar-refractivity contribution in [2.45, 2.75) is 26.8 Å². The number of ether oxygens (including phenoxy) is 1. The van der Waals surface area contributed by atoms with Gasteiger partial charge in [0.15, 0.2) is 11.4 Å².